The summed E-state index contributed by atoms with van der Waals surface area (Å²) in [4.78, 5) is 33.7. The van der Waals surface area contributed by atoms with Gasteiger partial charge in [-0.25, -0.2) is 14.6 Å². The molecule has 1 fully saturated rings. The van der Waals surface area contributed by atoms with Gasteiger partial charge in [-0.3, -0.25) is 4.90 Å². The van der Waals surface area contributed by atoms with Crippen LogP contribution in [0.2, 0.25) is 0 Å². The molecule has 2 aromatic rings. The van der Waals surface area contributed by atoms with Crippen molar-refractivity contribution in [3.63, 3.8) is 0 Å². The minimum atomic E-state index is -0.614. The van der Waals surface area contributed by atoms with Gasteiger partial charge >= 0.3 is 12.2 Å². The van der Waals surface area contributed by atoms with E-state index in [1.54, 1.807) is 11.1 Å². The Bertz CT molecular complexity index is 911. The summed E-state index contributed by atoms with van der Waals surface area (Å²) in [5, 5.41) is 0. The number of benzene rings is 1. The summed E-state index contributed by atoms with van der Waals surface area (Å²) in [5.74, 6) is 0.525. The van der Waals surface area contributed by atoms with Gasteiger partial charge in [-0.2, -0.15) is 0 Å². The number of ether oxygens (including phenoxy) is 2. The molecule has 0 aliphatic carbocycles. The molecule has 1 unspecified atom stereocenters. The highest BCUT2D eigenvalue weighted by molar-refractivity contribution is 5.87. The maximum atomic E-state index is 13.0. The van der Waals surface area contributed by atoms with Crippen LogP contribution in [0.4, 0.5) is 15.4 Å². The molecule has 1 aromatic heterocycles. The van der Waals surface area contributed by atoms with E-state index in [1.807, 2.05) is 70.2 Å². The Morgan fingerprint density at radius 2 is 1.88 bits per heavy atom. The standard InChI is InChI=1S/C25H33N3O4/c1-5-27(24(30)32-25(2,3)4)22-20(14-11-16-26-22)21-15-9-10-17-28(21)23(29)31-18-19-12-7-6-8-13-19/h6-8,11-14,16,21H,5,9-10,15,17-18H2,1-4H3. The summed E-state index contributed by atoms with van der Waals surface area (Å²) in [6, 6.07) is 13.2. The average molecular weight is 440 g/mol. The highest BCUT2D eigenvalue weighted by Crippen LogP contribution is 2.36. The van der Waals surface area contributed by atoms with E-state index in [4.69, 9.17) is 9.47 Å². The molecule has 0 spiro atoms. The number of likely N-dealkylation sites (tertiary alicyclic amines) is 1. The molecule has 0 bridgehead atoms. The minimum absolute atomic E-state index is 0.216. The Labute approximate surface area is 190 Å². The monoisotopic (exact) mass is 439 g/mol. The molecule has 2 heterocycles. The smallest absolute Gasteiger partial charge is 0.415 e. The van der Waals surface area contributed by atoms with Gasteiger partial charge in [0, 0.05) is 24.8 Å². The van der Waals surface area contributed by atoms with Crippen molar-refractivity contribution in [3.8, 4) is 0 Å². The number of aromatic nitrogens is 1. The van der Waals surface area contributed by atoms with Gasteiger partial charge in [0.2, 0.25) is 0 Å². The van der Waals surface area contributed by atoms with E-state index in [0.717, 1.165) is 30.4 Å². The van der Waals surface area contributed by atoms with Crippen LogP contribution in [0.25, 0.3) is 0 Å². The second kappa shape index (κ2) is 10.5. The lowest BCUT2D eigenvalue weighted by molar-refractivity contribution is 0.0579. The largest absolute Gasteiger partial charge is 0.445 e. The van der Waals surface area contributed by atoms with E-state index in [-0.39, 0.29) is 18.7 Å². The molecule has 7 heteroatoms. The van der Waals surface area contributed by atoms with E-state index in [0.29, 0.717) is 18.9 Å². The number of carbonyl (C=O) groups excluding carboxylic acids is 2. The van der Waals surface area contributed by atoms with Crippen molar-refractivity contribution in [2.75, 3.05) is 18.0 Å². The molecule has 1 saturated heterocycles. The Morgan fingerprint density at radius 1 is 1.12 bits per heavy atom. The molecule has 3 rings (SSSR count). The molecule has 0 N–H and O–H groups in total. The van der Waals surface area contributed by atoms with Crippen LogP contribution in [0.3, 0.4) is 0 Å². The van der Waals surface area contributed by atoms with Crippen molar-refractivity contribution in [1.82, 2.24) is 9.88 Å². The molecule has 2 amide bonds. The second-order valence-corrected chi connectivity index (χ2v) is 8.89. The molecular formula is C25H33N3O4. The van der Waals surface area contributed by atoms with Gasteiger partial charge in [0.15, 0.2) is 0 Å². The van der Waals surface area contributed by atoms with Crippen molar-refractivity contribution in [1.29, 1.82) is 0 Å². The van der Waals surface area contributed by atoms with E-state index in [9.17, 15) is 9.59 Å². The van der Waals surface area contributed by atoms with Crippen molar-refractivity contribution < 1.29 is 19.1 Å². The van der Waals surface area contributed by atoms with E-state index < -0.39 is 11.7 Å². The van der Waals surface area contributed by atoms with E-state index in [2.05, 4.69) is 4.98 Å². The number of nitrogens with zero attached hydrogens (tertiary/aromatic N) is 3. The fraction of sp³-hybridized carbons (Fsp3) is 0.480. The number of pyridine rings is 1. The van der Waals surface area contributed by atoms with Crippen LogP contribution in [0.1, 0.15) is 64.1 Å². The van der Waals surface area contributed by atoms with Gasteiger partial charge in [0.25, 0.3) is 0 Å². The highest BCUT2D eigenvalue weighted by atomic mass is 16.6. The molecule has 32 heavy (non-hydrogen) atoms. The summed E-state index contributed by atoms with van der Waals surface area (Å²) in [6.07, 6.45) is 3.54. The lowest BCUT2D eigenvalue weighted by atomic mass is 9.95. The lowest BCUT2D eigenvalue weighted by Gasteiger charge is -2.37. The highest BCUT2D eigenvalue weighted by Gasteiger charge is 2.33. The number of rotatable bonds is 5. The molecule has 0 saturated carbocycles. The van der Waals surface area contributed by atoms with Crippen LogP contribution >= 0.6 is 0 Å². The SMILES string of the molecule is CCN(C(=O)OC(C)(C)C)c1ncccc1C1CCCCN1C(=O)OCc1ccccc1. The summed E-state index contributed by atoms with van der Waals surface area (Å²) >= 11 is 0. The average Bonchev–Trinajstić information content (AvgIpc) is 2.78. The molecular weight excluding hydrogens is 406 g/mol. The molecule has 1 aliphatic rings. The Morgan fingerprint density at radius 3 is 2.56 bits per heavy atom. The normalized spacial score (nSPS) is 16.4. The number of amides is 2. The summed E-state index contributed by atoms with van der Waals surface area (Å²) < 4.78 is 11.2. The molecule has 1 aliphatic heterocycles. The Balaban J connectivity index is 1.83. The zero-order chi connectivity index (χ0) is 23.1. The minimum Gasteiger partial charge on any atom is -0.445 e. The fourth-order valence-corrected chi connectivity index (χ4v) is 3.85. The number of hydrogen-bond acceptors (Lipinski definition) is 5. The van der Waals surface area contributed by atoms with Gasteiger partial charge in [-0.1, -0.05) is 36.4 Å². The van der Waals surface area contributed by atoms with Crippen LogP contribution in [0.5, 0.6) is 0 Å². The molecule has 1 atom stereocenters. The number of anilines is 1. The maximum absolute atomic E-state index is 13.0. The van der Waals surface area contributed by atoms with E-state index in [1.165, 1.54) is 4.90 Å². The third-order valence-corrected chi connectivity index (χ3v) is 5.30. The zero-order valence-corrected chi connectivity index (χ0v) is 19.4. The van der Waals surface area contributed by atoms with Gasteiger partial charge in [-0.05, 0) is 58.6 Å². The second-order valence-electron chi connectivity index (χ2n) is 8.89. The third kappa shape index (κ3) is 5.99. The molecule has 7 nitrogen and oxygen atoms in total. The van der Waals surface area contributed by atoms with Crippen LogP contribution in [0, 0.1) is 0 Å². The Kier molecular flexibility index (Phi) is 7.72. The first-order chi connectivity index (χ1) is 15.3. The molecule has 1 aromatic carbocycles. The maximum Gasteiger partial charge on any atom is 0.415 e. The zero-order valence-electron chi connectivity index (χ0n) is 19.4. The van der Waals surface area contributed by atoms with Crippen LogP contribution < -0.4 is 4.90 Å². The van der Waals surface area contributed by atoms with Crippen molar-refractivity contribution >= 4 is 18.0 Å². The quantitative estimate of drug-likeness (QED) is 0.597. The van der Waals surface area contributed by atoms with Crippen LogP contribution in [0.15, 0.2) is 48.7 Å². The van der Waals surface area contributed by atoms with Crippen molar-refractivity contribution in [2.45, 2.75) is 65.2 Å². The first kappa shape index (κ1) is 23.6. The first-order valence-corrected chi connectivity index (χ1v) is 11.2. The predicted molar refractivity (Wildman–Crippen MR) is 123 cm³/mol. The molecule has 0 radical (unpaired) electrons. The fourth-order valence-electron chi connectivity index (χ4n) is 3.85. The van der Waals surface area contributed by atoms with E-state index >= 15 is 0 Å². The topological polar surface area (TPSA) is 72.0 Å². The molecule has 172 valence electrons. The van der Waals surface area contributed by atoms with Gasteiger partial charge in [0.05, 0.1) is 6.04 Å². The van der Waals surface area contributed by atoms with Gasteiger partial charge in [-0.15, -0.1) is 0 Å². The number of piperidine rings is 1. The Hall–Kier alpha value is -3.09. The predicted octanol–water partition coefficient (Wildman–Crippen LogP) is 5.71. The van der Waals surface area contributed by atoms with Gasteiger partial charge in [0.1, 0.15) is 18.0 Å². The van der Waals surface area contributed by atoms with Crippen LogP contribution in [-0.2, 0) is 16.1 Å². The number of carbonyl (C=O) groups is 2. The van der Waals surface area contributed by atoms with Crippen molar-refractivity contribution in [3.05, 3.63) is 59.8 Å². The summed E-state index contributed by atoms with van der Waals surface area (Å²) in [6.45, 7) is 8.63. The number of hydrogen-bond donors (Lipinski definition) is 0. The summed E-state index contributed by atoms with van der Waals surface area (Å²) in [7, 11) is 0. The van der Waals surface area contributed by atoms with Gasteiger partial charge < -0.3 is 14.4 Å². The summed E-state index contributed by atoms with van der Waals surface area (Å²) in [5.41, 5.74) is 1.16. The van der Waals surface area contributed by atoms with Crippen molar-refractivity contribution in [2.24, 2.45) is 0 Å². The lowest BCUT2D eigenvalue weighted by Crippen LogP contribution is -2.41. The third-order valence-electron chi connectivity index (χ3n) is 5.30. The first-order valence-electron chi connectivity index (χ1n) is 11.2. The van der Waals surface area contributed by atoms with Crippen LogP contribution in [-0.4, -0.2) is 40.8 Å².